The van der Waals surface area contributed by atoms with Crippen LogP contribution in [0.15, 0.2) is 0 Å². The smallest absolute Gasteiger partial charge is 0.161 e. The summed E-state index contributed by atoms with van der Waals surface area (Å²) in [6.45, 7) is 2.71. The minimum absolute atomic E-state index is 0.0972. The maximum Gasteiger partial charge on any atom is 0.161 e. The minimum Gasteiger partial charge on any atom is -0.372 e. The Bertz CT molecular complexity index is 178. The van der Waals surface area contributed by atoms with Crippen molar-refractivity contribution < 1.29 is 14.2 Å². The Morgan fingerprint density at radius 3 is 2.46 bits per heavy atom. The van der Waals surface area contributed by atoms with Gasteiger partial charge in [0.2, 0.25) is 0 Å². The van der Waals surface area contributed by atoms with E-state index in [4.69, 9.17) is 14.2 Å². The van der Waals surface area contributed by atoms with Gasteiger partial charge in [-0.3, -0.25) is 0 Å². The third-order valence-electron chi connectivity index (χ3n) is 2.98. The van der Waals surface area contributed by atoms with Crippen LogP contribution in [0, 0.1) is 5.92 Å². The van der Waals surface area contributed by atoms with Crippen molar-refractivity contribution in [2.45, 2.75) is 18.3 Å². The van der Waals surface area contributed by atoms with E-state index >= 15 is 0 Å². The molecule has 4 heteroatoms. The predicted molar refractivity (Wildman–Crippen MR) is 47.5 cm³/mol. The van der Waals surface area contributed by atoms with Gasteiger partial charge in [0.15, 0.2) is 6.29 Å². The zero-order valence-corrected chi connectivity index (χ0v) is 8.21. The number of ether oxygens (including phenoxy) is 3. The van der Waals surface area contributed by atoms with Crippen LogP contribution in [-0.4, -0.2) is 45.8 Å². The Balaban J connectivity index is 1.89. The van der Waals surface area contributed by atoms with Gasteiger partial charge in [-0.2, -0.15) is 0 Å². The highest BCUT2D eigenvalue weighted by atomic mass is 16.7. The molecule has 2 aliphatic heterocycles. The van der Waals surface area contributed by atoms with Crippen molar-refractivity contribution in [1.82, 2.24) is 5.32 Å². The Morgan fingerprint density at radius 2 is 2.08 bits per heavy atom. The summed E-state index contributed by atoms with van der Waals surface area (Å²) in [5, 5.41) is 3.23. The third kappa shape index (κ3) is 1.59. The summed E-state index contributed by atoms with van der Waals surface area (Å²) in [7, 11) is 3.36. The van der Waals surface area contributed by atoms with Crippen LogP contribution < -0.4 is 5.32 Å². The fourth-order valence-electron chi connectivity index (χ4n) is 2.19. The average Bonchev–Trinajstić information content (AvgIpc) is 2.51. The van der Waals surface area contributed by atoms with E-state index in [-0.39, 0.29) is 11.9 Å². The third-order valence-corrected chi connectivity index (χ3v) is 2.98. The van der Waals surface area contributed by atoms with Crippen molar-refractivity contribution in [1.29, 1.82) is 0 Å². The van der Waals surface area contributed by atoms with Gasteiger partial charge < -0.3 is 19.5 Å². The molecule has 2 heterocycles. The lowest BCUT2D eigenvalue weighted by atomic mass is 9.89. The molecule has 1 atom stereocenters. The highest BCUT2D eigenvalue weighted by Crippen LogP contribution is 2.35. The molecule has 76 valence electrons. The first-order valence-electron chi connectivity index (χ1n) is 4.70. The van der Waals surface area contributed by atoms with E-state index < -0.39 is 0 Å². The molecule has 1 spiro atoms. The maximum absolute atomic E-state index is 5.75. The zero-order chi connectivity index (χ0) is 9.31. The van der Waals surface area contributed by atoms with E-state index in [1.807, 2.05) is 0 Å². The van der Waals surface area contributed by atoms with E-state index in [1.54, 1.807) is 14.2 Å². The summed E-state index contributed by atoms with van der Waals surface area (Å²) >= 11 is 0. The molecule has 0 aromatic rings. The lowest BCUT2D eigenvalue weighted by Gasteiger charge is -2.38. The molecule has 0 saturated carbocycles. The molecule has 2 aliphatic rings. The molecule has 4 nitrogen and oxygen atoms in total. The molecule has 0 amide bonds. The van der Waals surface area contributed by atoms with Crippen molar-refractivity contribution >= 4 is 0 Å². The second kappa shape index (κ2) is 3.53. The van der Waals surface area contributed by atoms with Crippen molar-refractivity contribution in [3.05, 3.63) is 0 Å². The van der Waals surface area contributed by atoms with Gasteiger partial charge >= 0.3 is 0 Å². The predicted octanol–water partition coefficient (Wildman–Crippen LogP) is -0.0162. The van der Waals surface area contributed by atoms with Crippen LogP contribution in [0.1, 0.15) is 6.42 Å². The largest absolute Gasteiger partial charge is 0.372 e. The lowest BCUT2D eigenvalue weighted by molar-refractivity contribution is -0.136. The summed E-state index contributed by atoms with van der Waals surface area (Å²) in [6.07, 6.45) is 0.937. The summed E-state index contributed by atoms with van der Waals surface area (Å²) in [5.74, 6) is 0.386. The summed E-state index contributed by atoms with van der Waals surface area (Å²) in [4.78, 5) is 0. The highest BCUT2D eigenvalue weighted by molar-refractivity contribution is 5.00. The van der Waals surface area contributed by atoms with Crippen LogP contribution >= 0.6 is 0 Å². The monoisotopic (exact) mass is 187 g/mol. The van der Waals surface area contributed by atoms with E-state index in [9.17, 15) is 0 Å². The molecule has 0 unspecified atom stereocenters. The van der Waals surface area contributed by atoms with Crippen LogP contribution in [0.5, 0.6) is 0 Å². The van der Waals surface area contributed by atoms with Crippen LogP contribution in [0.4, 0.5) is 0 Å². The van der Waals surface area contributed by atoms with E-state index in [0.29, 0.717) is 5.92 Å². The molecule has 2 fully saturated rings. The van der Waals surface area contributed by atoms with Crippen LogP contribution in [0.25, 0.3) is 0 Å². The van der Waals surface area contributed by atoms with E-state index in [2.05, 4.69) is 5.32 Å². The van der Waals surface area contributed by atoms with Gasteiger partial charge in [-0.05, 0) is 6.42 Å². The quantitative estimate of drug-likeness (QED) is 0.630. The molecule has 0 bridgehead atoms. The molecule has 0 aromatic carbocycles. The summed E-state index contributed by atoms with van der Waals surface area (Å²) in [5.41, 5.74) is 0.0972. The fourth-order valence-corrected chi connectivity index (χ4v) is 2.19. The molecule has 0 aliphatic carbocycles. The van der Waals surface area contributed by atoms with Gasteiger partial charge in [-0.15, -0.1) is 0 Å². The normalized spacial score (nSPS) is 31.2. The van der Waals surface area contributed by atoms with Gasteiger partial charge in [-0.1, -0.05) is 0 Å². The number of nitrogens with one attached hydrogen (secondary N) is 1. The van der Waals surface area contributed by atoms with E-state index in [0.717, 1.165) is 26.1 Å². The Morgan fingerprint density at radius 1 is 1.38 bits per heavy atom. The molecule has 1 N–H and O–H groups in total. The number of methoxy groups -OCH3 is 2. The molecule has 2 saturated heterocycles. The lowest BCUT2D eigenvalue weighted by Crippen LogP contribution is -2.59. The fraction of sp³-hybridized carbons (Fsp3) is 1.00. The molecule has 0 aromatic heterocycles. The first-order valence-corrected chi connectivity index (χ1v) is 4.70. The topological polar surface area (TPSA) is 39.7 Å². The maximum atomic E-state index is 5.75. The van der Waals surface area contributed by atoms with Crippen molar-refractivity contribution in [3.63, 3.8) is 0 Å². The first kappa shape index (κ1) is 9.40. The van der Waals surface area contributed by atoms with Crippen molar-refractivity contribution in [3.8, 4) is 0 Å². The SMILES string of the molecule is COC(OC)[C@H]1COC2(CNC2)C1. The molecular weight excluding hydrogens is 170 g/mol. The summed E-state index contributed by atoms with van der Waals surface area (Å²) in [6, 6.07) is 0. The minimum atomic E-state index is -0.111. The Hall–Kier alpha value is -0.160. The van der Waals surface area contributed by atoms with Gasteiger partial charge in [0.25, 0.3) is 0 Å². The van der Waals surface area contributed by atoms with Gasteiger partial charge in [0, 0.05) is 33.2 Å². The number of hydrogen-bond donors (Lipinski definition) is 1. The first-order chi connectivity index (χ1) is 6.29. The van der Waals surface area contributed by atoms with Crippen LogP contribution in [0.2, 0.25) is 0 Å². The molecule has 0 radical (unpaired) electrons. The molecule has 2 rings (SSSR count). The second-order valence-corrected chi connectivity index (χ2v) is 3.90. The highest BCUT2D eigenvalue weighted by Gasteiger charge is 2.47. The average molecular weight is 187 g/mol. The molecular formula is C9H17NO3. The Kier molecular flexibility index (Phi) is 2.55. The molecule has 13 heavy (non-hydrogen) atoms. The van der Waals surface area contributed by atoms with Crippen molar-refractivity contribution in [2.75, 3.05) is 33.9 Å². The van der Waals surface area contributed by atoms with Gasteiger partial charge in [-0.25, -0.2) is 0 Å². The van der Waals surface area contributed by atoms with Gasteiger partial charge in [0.05, 0.1) is 12.2 Å². The van der Waals surface area contributed by atoms with Crippen LogP contribution in [0.3, 0.4) is 0 Å². The number of hydrogen-bond acceptors (Lipinski definition) is 4. The number of rotatable bonds is 3. The van der Waals surface area contributed by atoms with Crippen LogP contribution in [-0.2, 0) is 14.2 Å². The summed E-state index contributed by atoms with van der Waals surface area (Å²) < 4.78 is 16.2. The second-order valence-electron chi connectivity index (χ2n) is 3.90. The Labute approximate surface area is 78.5 Å². The van der Waals surface area contributed by atoms with Gasteiger partial charge in [0.1, 0.15) is 0 Å². The van der Waals surface area contributed by atoms with Crippen molar-refractivity contribution in [2.24, 2.45) is 5.92 Å². The van der Waals surface area contributed by atoms with E-state index in [1.165, 1.54) is 0 Å². The standard InChI is InChI=1S/C9H17NO3/c1-11-8(12-2)7-3-9(13-4-7)5-10-6-9/h7-8,10H,3-6H2,1-2H3/t7-/m1/s1. The zero-order valence-electron chi connectivity index (χ0n) is 8.21.